The topological polar surface area (TPSA) is 136 Å². The van der Waals surface area contributed by atoms with E-state index < -0.39 is 30.7 Å². The molecule has 0 spiro atoms. The zero-order valence-corrected chi connectivity index (χ0v) is 14.5. The maximum atomic E-state index is 9.08. The van der Waals surface area contributed by atoms with Gasteiger partial charge in [-0.1, -0.05) is 0 Å². The zero-order chi connectivity index (χ0) is 18.5. The van der Waals surface area contributed by atoms with Crippen LogP contribution in [0.25, 0.3) is 0 Å². The minimum absolute atomic E-state index is 0.0449. The summed E-state index contributed by atoms with van der Waals surface area (Å²) in [5.74, 6) is 0. The SMILES string of the molecule is CO[C@H]1O[C@H](COCCO)[C@@H](OCCO)[C@H](OCCO)[C@H]1OCCO. The Bertz CT molecular complexity index is 319. The number of hydrogen-bond acceptors (Lipinski definition) is 10. The first-order valence-corrected chi connectivity index (χ1v) is 8.27. The van der Waals surface area contributed by atoms with E-state index in [1.807, 2.05) is 0 Å². The molecule has 4 N–H and O–H groups in total. The summed E-state index contributed by atoms with van der Waals surface area (Å²) in [6, 6.07) is 0. The van der Waals surface area contributed by atoms with Crippen LogP contribution in [0, 0.1) is 0 Å². The van der Waals surface area contributed by atoms with E-state index in [9.17, 15) is 0 Å². The fourth-order valence-electron chi connectivity index (χ4n) is 2.60. The molecule has 0 amide bonds. The summed E-state index contributed by atoms with van der Waals surface area (Å²) in [6.07, 6.45) is -3.44. The average Bonchev–Trinajstić information content (AvgIpc) is 2.63. The maximum absolute atomic E-state index is 9.08. The smallest absolute Gasteiger partial charge is 0.186 e. The van der Waals surface area contributed by atoms with E-state index in [0.29, 0.717) is 0 Å². The molecule has 1 aliphatic heterocycles. The first-order valence-electron chi connectivity index (χ1n) is 8.27. The van der Waals surface area contributed by atoms with Gasteiger partial charge in [-0.2, -0.15) is 0 Å². The Morgan fingerprint density at radius 2 is 1.24 bits per heavy atom. The van der Waals surface area contributed by atoms with Crippen LogP contribution >= 0.6 is 0 Å². The van der Waals surface area contributed by atoms with Crippen molar-refractivity contribution in [2.45, 2.75) is 30.7 Å². The lowest BCUT2D eigenvalue weighted by Crippen LogP contribution is -2.62. The molecule has 0 aromatic carbocycles. The van der Waals surface area contributed by atoms with E-state index in [0.717, 1.165) is 0 Å². The van der Waals surface area contributed by atoms with Gasteiger partial charge in [0, 0.05) is 7.11 Å². The number of aliphatic hydroxyl groups is 4. The third-order valence-corrected chi connectivity index (χ3v) is 3.55. The minimum atomic E-state index is -0.799. The molecule has 5 atom stereocenters. The van der Waals surface area contributed by atoms with Gasteiger partial charge in [-0.25, -0.2) is 0 Å². The van der Waals surface area contributed by atoms with Crippen LogP contribution in [0.15, 0.2) is 0 Å². The molecule has 1 fully saturated rings. The van der Waals surface area contributed by atoms with Crippen LogP contribution in [0.3, 0.4) is 0 Å². The van der Waals surface area contributed by atoms with Gasteiger partial charge >= 0.3 is 0 Å². The van der Waals surface area contributed by atoms with Gasteiger partial charge in [-0.05, 0) is 0 Å². The van der Waals surface area contributed by atoms with Crippen molar-refractivity contribution in [1.82, 2.24) is 0 Å². The lowest BCUT2D eigenvalue weighted by molar-refractivity contribution is -0.319. The van der Waals surface area contributed by atoms with Gasteiger partial charge in [0.2, 0.25) is 0 Å². The fraction of sp³-hybridized carbons (Fsp3) is 1.00. The predicted molar refractivity (Wildman–Crippen MR) is 84.1 cm³/mol. The summed E-state index contributed by atoms with van der Waals surface area (Å²) >= 11 is 0. The summed E-state index contributed by atoms with van der Waals surface area (Å²) in [5.41, 5.74) is 0. The Morgan fingerprint density at radius 1 is 0.720 bits per heavy atom. The average molecular weight is 370 g/mol. The molecular weight excluding hydrogens is 340 g/mol. The molecule has 0 saturated carbocycles. The number of methoxy groups -OCH3 is 1. The van der Waals surface area contributed by atoms with E-state index in [1.165, 1.54) is 7.11 Å². The van der Waals surface area contributed by atoms with Crippen LogP contribution in [-0.2, 0) is 28.4 Å². The monoisotopic (exact) mass is 370 g/mol. The summed E-state index contributed by atoms with van der Waals surface area (Å²) in [6.45, 7) is -0.314. The van der Waals surface area contributed by atoms with Crippen LogP contribution in [0.4, 0.5) is 0 Å². The van der Waals surface area contributed by atoms with Gasteiger partial charge in [-0.3, -0.25) is 0 Å². The van der Waals surface area contributed by atoms with Crippen molar-refractivity contribution < 1.29 is 48.8 Å². The second kappa shape index (κ2) is 13.8. The van der Waals surface area contributed by atoms with Crippen LogP contribution in [-0.4, -0.2) is 118 Å². The molecule has 0 aliphatic carbocycles. The number of aliphatic hydroxyl groups excluding tert-OH is 4. The molecule has 25 heavy (non-hydrogen) atoms. The Labute approximate surface area is 147 Å². The van der Waals surface area contributed by atoms with Crippen molar-refractivity contribution in [2.24, 2.45) is 0 Å². The van der Waals surface area contributed by atoms with E-state index in [4.69, 9.17) is 48.8 Å². The Hall–Kier alpha value is -0.400. The molecule has 1 heterocycles. The second-order valence-electron chi connectivity index (χ2n) is 5.25. The summed E-state index contributed by atoms with van der Waals surface area (Å²) in [7, 11) is 1.45. The summed E-state index contributed by atoms with van der Waals surface area (Å²) in [4.78, 5) is 0. The normalized spacial score (nSPS) is 29.9. The molecule has 0 radical (unpaired) electrons. The standard InChI is InChI=1S/C15H30O10/c1-20-15-14(24-9-5-19)13(23-8-4-18)12(22-7-3-17)11(25-15)10-21-6-2-16/h11-19H,2-10H2,1H3/t11-,12-,13+,14-,15+/m1/s1. The number of hydrogen-bond donors (Lipinski definition) is 4. The van der Waals surface area contributed by atoms with Crippen molar-refractivity contribution in [2.75, 3.05) is 66.6 Å². The molecular formula is C15H30O10. The highest BCUT2D eigenvalue weighted by Crippen LogP contribution is 2.29. The van der Waals surface area contributed by atoms with Crippen LogP contribution in [0.5, 0.6) is 0 Å². The zero-order valence-electron chi connectivity index (χ0n) is 14.5. The summed E-state index contributed by atoms with van der Waals surface area (Å²) in [5, 5.41) is 36.0. The third kappa shape index (κ3) is 7.39. The molecule has 0 bridgehead atoms. The Kier molecular flexibility index (Phi) is 12.5. The fourth-order valence-corrected chi connectivity index (χ4v) is 2.60. The highest BCUT2D eigenvalue weighted by Gasteiger charge is 2.48. The largest absolute Gasteiger partial charge is 0.394 e. The van der Waals surface area contributed by atoms with Gasteiger partial charge in [0.1, 0.15) is 24.4 Å². The quantitative estimate of drug-likeness (QED) is 0.243. The van der Waals surface area contributed by atoms with Gasteiger partial charge in [0.25, 0.3) is 0 Å². The summed E-state index contributed by atoms with van der Waals surface area (Å²) < 4.78 is 33.4. The molecule has 1 aliphatic rings. The molecule has 1 saturated heterocycles. The van der Waals surface area contributed by atoms with Crippen molar-refractivity contribution in [3.8, 4) is 0 Å². The van der Waals surface area contributed by atoms with E-state index in [1.54, 1.807) is 0 Å². The highest BCUT2D eigenvalue weighted by molar-refractivity contribution is 4.93. The molecule has 0 aromatic heterocycles. The Morgan fingerprint density at radius 3 is 1.76 bits per heavy atom. The molecule has 10 nitrogen and oxygen atoms in total. The lowest BCUT2D eigenvalue weighted by Gasteiger charge is -2.45. The van der Waals surface area contributed by atoms with E-state index in [2.05, 4.69) is 0 Å². The number of ether oxygens (including phenoxy) is 6. The molecule has 150 valence electrons. The molecule has 1 rings (SSSR count). The number of rotatable bonds is 14. The van der Waals surface area contributed by atoms with Crippen molar-refractivity contribution >= 4 is 0 Å². The first-order chi connectivity index (χ1) is 12.2. The van der Waals surface area contributed by atoms with Crippen LogP contribution < -0.4 is 0 Å². The maximum Gasteiger partial charge on any atom is 0.186 e. The van der Waals surface area contributed by atoms with Gasteiger partial charge in [-0.15, -0.1) is 0 Å². The van der Waals surface area contributed by atoms with Crippen LogP contribution in [0.2, 0.25) is 0 Å². The van der Waals surface area contributed by atoms with Crippen molar-refractivity contribution in [3.63, 3.8) is 0 Å². The minimum Gasteiger partial charge on any atom is -0.394 e. The first kappa shape index (κ1) is 22.6. The Balaban J connectivity index is 2.93. The van der Waals surface area contributed by atoms with Crippen molar-refractivity contribution in [1.29, 1.82) is 0 Å². The van der Waals surface area contributed by atoms with Crippen LogP contribution in [0.1, 0.15) is 0 Å². The molecule has 0 aromatic rings. The third-order valence-electron chi connectivity index (χ3n) is 3.55. The molecule has 10 heteroatoms. The molecule has 0 unspecified atom stereocenters. The van der Waals surface area contributed by atoms with E-state index >= 15 is 0 Å². The lowest BCUT2D eigenvalue weighted by atomic mass is 9.98. The predicted octanol–water partition coefficient (Wildman–Crippen LogP) is -2.50. The second-order valence-corrected chi connectivity index (χ2v) is 5.25. The van der Waals surface area contributed by atoms with Crippen molar-refractivity contribution in [3.05, 3.63) is 0 Å². The van der Waals surface area contributed by atoms with Gasteiger partial charge in [0.15, 0.2) is 6.29 Å². The van der Waals surface area contributed by atoms with Gasteiger partial charge in [0.05, 0.1) is 59.5 Å². The highest BCUT2D eigenvalue weighted by atomic mass is 16.7. The van der Waals surface area contributed by atoms with Gasteiger partial charge < -0.3 is 48.8 Å². The van der Waals surface area contributed by atoms with E-state index in [-0.39, 0.29) is 59.5 Å².